The average Bonchev–Trinajstić information content (AvgIpc) is 2.24. The van der Waals surface area contributed by atoms with Gasteiger partial charge in [0, 0.05) is 11.4 Å². The van der Waals surface area contributed by atoms with Gasteiger partial charge in [-0.05, 0) is 23.8 Å². The third-order valence-corrected chi connectivity index (χ3v) is 2.02. The van der Waals surface area contributed by atoms with E-state index in [-0.39, 0.29) is 11.4 Å². The molecule has 1 aromatic rings. The minimum absolute atomic E-state index is 0.0101. The van der Waals surface area contributed by atoms with Gasteiger partial charge in [-0.1, -0.05) is 12.2 Å². The highest BCUT2D eigenvalue weighted by Crippen LogP contribution is 2.30. The van der Waals surface area contributed by atoms with E-state index in [0.29, 0.717) is 11.8 Å². The van der Waals surface area contributed by atoms with Crippen molar-refractivity contribution in [3.05, 3.63) is 41.0 Å². The lowest BCUT2D eigenvalue weighted by molar-refractivity contribution is -0.137. The maximum atomic E-state index is 12.4. The maximum absolute atomic E-state index is 12.4. The van der Waals surface area contributed by atoms with E-state index in [1.807, 2.05) is 0 Å². The molecule has 16 heavy (non-hydrogen) atoms. The summed E-state index contributed by atoms with van der Waals surface area (Å²) >= 11 is 5.38. The fraction of sp³-hybridized carbons (Fsp3) is 0.182. The van der Waals surface area contributed by atoms with Crippen LogP contribution in [0.2, 0.25) is 0 Å². The highest BCUT2D eigenvalue weighted by atomic mass is 35.5. The Morgan fingerprint density at radius 2 is 1.81 bits per heavy atom. The van der Waals surface area contributed by atoms with E-state index in [1.54, 1.807) is 0 Å². The Bertz CT molecular complexity index is 410. The third kappa shape index (κ3) is 3.38. The van der Waals surface area contributed by atoms with Crippen LogP contribution in [0.3, 0.4) is 0 Å². The molecule has 0 aliphatic rings. The lowest BCUT2D eigenvalue weighted by Gasteiger charge is -2.08. The standard InChI is InChI=1S/C11H8ClF3O/c12-3-1-2-8-4-9(7-16)6-10(5-8)11(13,14)15/h1-2,4-7H,3H2. The zero-order valence-corrected chi connectivity index (χ0v) is 8.85. The van der Waals surface area contributed by atoms with Gasteiger partial charge in [-0.2, -0.15) is 13.2 Å². The predicted octanol–water partition coefficient (Wildman–Crippen LogP) is 3.77. The number of aldehydes is 1. The van der Waals surface area contributed by atoms with Crippen LogP contribution in [-0.4, -0.2) is 12.2 Å². The van der Waals surface area contributed by atoms with Gasteiger partial charge in [-0.25, -0.2) is 0 Å². The van der Waals surface area contributed by atoms with Crippen LogP contribution in [0, 0.1) is 0 Å². The Labute approximate surface area is 95.5 Å². The van der Waals surface area contributed by atoms with Crippen molar-refractivity contribution >= 4 is 24.0 Å². The first-order valence-corrected chi connectivity index (χ1v) is 4.91. The second kappa shape index (κ2) is 5.16. The lowest BCUT2D eigenvalue weighted by Crippen LogP contribution is -2.06. The van der Waals surface area contributed by atoms with Crippen LogP contribution < -0.4 is 0 Å². The lowest BCUT2D eigenvalue weighted by atomic mass is 10.1. The molecule has 0 aromatic heterocycles. The summed E-state index contributed by atoms with van der Waals surface area (Å²) in [5, 5.41) is 0. The number of benzene rings is 1. The number of hydrogen-bond donors (Lipinski definition) is 0. The fourth-order valence-corrected chi connectivity index (χ4v) is 1.27. The molecule has 86 valence electrons. The van der Waals surface area contributed by atoms with Crippen LogP contribution in [-0.2, 0) is 6.18 Å². The average molecular weight is 249 g/mol. The summed E-state index contributed by atoms with van der Waals surface area (Å²) < 4.78 is 37.3. The van der Waals surface area contributed by atoms with Gasteiger partial charge < -0.3 is 0 Å². The molecule has 0 amide bonds. The minimum Gasteiger partial charge on any atom is -0.298 e. The van der Waals surface area contributed by atoms with E-state index in [1.165, 1.54) is 18.2 Å². The van der Waals surface area contributed by atoms with Crippen molar-refractivity contribution in [2.45, 2.75) is 6.18 Å². The van der Waals surface area contributed by atoms with E-state index in [4.69, 9.17) is 11.6 Å². The molecule has 0 aliphatic carbocycles. The first-order valence-electron chi connectivity index (χ1n) is 4.37. The predicted molar refractivity (Wildman–Crippen MR) is 56.6 cm³/mol. The van der Waals surface area contributed by atoms with Gasteiger partial charge in [-0.15, -0.1) is 11.6 Å². The number of alkyl halides is 4. The molecule has 0 unspecified atom stereocenters. The third-order valence-electron chi connectivity index (χ3n) is 1.84. The van der Waals surface area contributed by atoms with Crippen molar-refractivity contribution in [1.29, 1.82) is 0 Å². The Hall–Kier alpha value is -1.29. The Balaban J connectivity index is 3.21. The zero-order chi connectivity index (χ0) is 12.2. The number of hydrogen-bond acceptors (Lipinski definition) is 1. The largest absolute Gasteiger partial charge is 0.416 e. The normalized spacial score (nSPS) is 12.0. The number of halogens is 4. The molecule has 0 saturated heterocycles. The smallest absolute Gasteiger partial charge is 0.298 e. The van der Waals surface area contributed by atoms with E-state index in [2.05, 4.69) is 0 Å². The van der Waals surface area contributed by atoms with Gasteiger partial charge in [-0.3, -0.25) is 4.79 Å². The topological polar surface area (TPSA) is 17.1 Å². The first-order chi connectivity index (χ1) is 7.47. The van der Waals surface area contributed by atoms with Crippen LogP contribution in [0.4, 0.5) is 13.2 Å². The number of rotatable bonds is 3. The number of carbonyl (C=O) groups excluding carboxylic acids is 1. The van der Waals surface area contributed by atoms with Gasteiger partial charge in [0.15, 0.2) is 0 Å². The molecule has 0 N–H and O–H groups in total. The van der Waals surface area contributed by atoms with Crippen molar-refractivity contribution < 1.29 is 18.0 Å². The minimum atomic E-state index is -4.46. The summed E-state index contributed by atoms with van der Waals surface area (Å²) in [5.74, 6) is 0.201. The van der Waals surface area contributed by atoms with E-state index >= 15 is 0 Å². The molecule has 1 nitrogen and oxygen atoms in total. The molecule has 5 heteroatoms. The molecule has 0 atom stereocenters. The molecule has 0 spiro atoms. The van der Waals surface area contributed by atoms with Crippen LogP contribution in [0.1, 0.15) is 21.5 Å². The van der Waals surface area contributed by atoms with Crippen molar-refractivity contribution in [2.24, 2.45) is 0 Å². The van der Waals surface area contributed by atoms with Crippen molar-refractivity contribution in [3.63, 3.8) is 0 Å². The highest BCUT2D eigenvalue weighted by molar-refractivity contribution is 6.19. The fourth-order valence-electron chi connectivity index (χ4n) is 1.19. The molecule has 0 heterocycles. The van der Waals surface area contributed by atoms with Gasteiger partial charge in [0.1, 0.15) is 6.29 Å². The molecule has 0 fully saturated rings. The number of allylic oxidation sites excluding steroid dienone is 1. The Morgan fingerprint density at radius 1 is 1.19 bits per heavy atom. The molecule has 0 saturated carbocycles. The van der Waals surface area contributed by atoms with Gasteiger partial charge in [0.2, 0.25) is 0 Å². The zero-order valence-electron chi connectivity index (χ0n) is 8.09. The molecular weight excluding hydrogens is 241 g/mol. The van der Waals surface area contributed by atoms with Crippen LogP contribution >= 0.6 is 11.6 Å². The summed E-state index contributed by atoms with van der Waals surface area (Å²) in [4.78, 5) is 10.5. The Kier molecular flexibility index (Phi) is 4.12. The Morgan fingerprint density at radius 3 is 2.31 bits per heavy atom. The van der Waals surface area contributed by atoms with Crippen molar-refractivity contribution in [1.82, 2.24) is 0 Å². The highest BCUT2D eigenvalue weighted by Gasteiger charge is 2.30. The summed E-state index contributed by atoms with van der Waals surface area (Å²) in [6.45, 7) is 0. The molecule has 0 radical (unpaired) electrons. The second-order valence-corrected chi connectivity index (χ2v) is 3.37. The second-order valence-electron chi connectivity index (χ2n) is 3.06. The van der Waals surface area contributed by atoms with Gasteiger partial charge in [0.05, 0.1) is 5.56 Å². The summed E-state index contributed by atoms with van der Waals surface area (Å²) in [6, 6.07) is 3.15. The van der Waals surface area contributed by atoms with Crippen LogP contribution in [0.5, 0.6) is 0 Å². The first kappa shape index (κ1) is 12.8. The van der Waals surface area contributed by atoms with Crippen molar-refractivity contribution in [2.75, 3.05) is 5.88 Å². The number of carbonyl (C=O) groups is 1. The maximum Gasteiger partial charge on any atom is 0.416 e. The van der Waals surface area contributed by atoms with Crippen molar-refractivity contribution in [3.8, 4) is 0 Å². The molecular formula is C11H8ClF3O. The summed E-state index contributed by atoms with van der Waals surface area (Å²) in [6.07, 6.45) is -1.13. The molecule has 1 rings (SSSR count). The molecule has 0 aliphatic heterocycles. The molecule has 1 aromatic carbocycles. The van der Waals surface area contributed by atoms with Crippen LogP contribution in [0.15, 0.2) is 24.3 Å². The van der Waals surface area contributed by atoms with E-state index < -0.39 is 11.7 Å². The van der Waals surface area contributed by atoms with Crippen LogP contribution in [0.25, 0.3) is 6.08 Å². The monoisotopic (exact) mass is 248 g/mol. The van der Waals surface area contributed by atoms with E-state index in [9.17, 15) is 18.0 Å². The SMILES string of the molecule is O=Cc1cc(C=CCCl)cc(C(F)(F)F)c1. The summed E-state index contributed by atoms with van der Waals surface area (Å²) in [7, 11) is 0. The molecule has 0 bridgehead atoms. The van der Waals surface area contributed by atoms with Gasteiger partial charge in [0.25, 0.3) is 0 Å². The van der Waals surface area contributed by atoms with E-state index in [0.717, 1.165) is 12.1 Å². The quantitative estimate of drug-likeness (QED) is 0.588. The van der Waals surface area contributed by atoms with Gasteiger partial charge >= 0.3 is 6.18 Å². The summed E-state index contributed by atoms with van der Waals surface area (Å²) in [5.41, 5.74) is -0.548.